The number of rotatable bonds is 2. The molecule has 2 atom stereocenters. The summed E-state index contributed by atoms with van der Waals surface area (Å²) in [4.78, 5) is 14.2. The molecule has 4 heteroatoms. The van der Waals surface area contributed by atoms with Crippen molar-refractivity contribution in [1.82, 2.24) is 4.90 Å². The number of halogens is 1. The first-order valence-corrected chi connectivity index (χ1v) is 6.76. The average molecular weight is 265 g/mol. The van der Waals surface area contributed by atoms with Crippen molar-refractivity contribution < 1.29 is 14.3 Å². The van der Waals surface area contributed by atoms with Gasteiger partial charge in [-0.15, -0.1) is 0 Å². The number of aliphatic hydroxyl groups excluding tert-OH is 1. The molecular weight excluding hydrogens is 245 g/mol. The maximum atomic E-state index is 13.2. The van der Waals surface area contributed by atoms with Crippen LogP contribution in [0.1, 0.15) is 42.1 Å². The lowest BCUT2D eigenvalue weighted by atomic mass is 9.97. The van der Waals surface area contributed by atoms with Crippen molar-refractivity contribution in [2.75, 3.05) is 6.54 Å². The number of aryl methyl sites for hydroxylation is 1. The number of piperidine rings is 1. The molecule has 0 saturated carbocycles. The van der Waals surface area contributed by atoms with Crippen LogP contribution in [0.4, 0.5) is 4.39 Å². The molecule has 1 heterocycles. The van der Waals surface area contributed by atoms with Gasteiger partial charge in [0, 0.05) is 12.1 Å². The Morgan fingerprint density at radius 2 is 2.21 bits per heavy atom. The number of carbonyl (C=O) groups is 1. The van der Waals surface area contributed by atoms with Gasteiger partial charge in [0.1, 0.15) is 5.82 Å². The molecule has 1 fully saturated rings. The lowest BCUT2D eigenvalue weighted by molar-refractivity contribution is 0.0281. The second-order valence-corrected chi connectivity index (χ2v) is 5.27. The van der Waals surface area contributed by atoms with Crippen LogP contribution in [0.15, 0.2) is 18.2 Å². The van der Waals surface area contributed by atoms with Gasteiger partial charge in [0.25, 0.3) is 5.91 Å². The second kappa shape index (κ2) is 5.70. The molecular formula is C15H20FNO2. The standard InChI is InChI=1S/C15H20FNO2/c1-10-9-12(6-7-13(10)16)15(19)17-8-4-3-5-14(17)11(2)18/h6-7,9,11,14,18H,3-5,8H2,1-2H3/t11-,14-/m1/s1. The molecule has 1 N–H and O–H groups in total. The van der Waals surface area contributed by atoms with E-state index in [9.17, 15) is 14.3 Å². The molecule has 0 aliphatic carbocycles. The van der Waals surface area contributed by atoms with Gasteiger partial charge in [0.15, 0.2) is 0 Å². The van der Waals surface area contributed by atoms with Crippen molar-refractivity contribution in [3.63, 3.8) is 0 Å². The molecule has 104 valence electrons. The molecule has 1 amide bonds. The molecule has 0 unspecified atom stereocenters. The molecule has 0 spiro atoms. The summed E-state index contributed by atoms with van der Waals surface area (Å²) in [6.07, 6.45) is 2.27. The van der Waals surface area contributed by atoms with Gasteiger partial charge in [-0.3, -0.25) is 4.79 Å². The molecule has 0 radical (unpaired) electrons. The predicted octanol–water partition coefficient (Wildman–Crippen LogP) is 2.51. The highest BCUT2D eigenvalue weighted by Gasteiger charge is 2.30. The van der Waals surface area contributed by atoms with Crippen molar-refractivity contribution in [1.29, 1.82) is 0 Å². The third-order valence-electron chi connectivity index (χ3n) is 3.77. The van der Waals surface area contributed by atoms with Crippen LogP contribution < -0.4 is 0 Å². The maximum absolute atomic E-state index is 13.2. The third-order valence-corrected chi connectivity index (χ3v) is 3.77. The van der Waals surface area contributed by atoms with Crippen LogP contribution in [-0.2, 0) is 0 Å². The van der Waals surface area contributed by atoms with E-state index in [2.05, 4.69) is 0 Å². The number of likely N-dealkylation sites (tertiary alicyclic amines) is 1. The predicted molar refractivity (Wildman–Crippen MR) is 71.5 cm³/mol. The summed E-state index contributed by atoms with van der Waals surface area (Å²) < 4.78 is 13.2. The van der Waals surface area contributed by atoms with Gasteiger partial charge >= 0.3 is 0 Å². The van der Waals surface area contributed by atoms with E-state index in [-0.39, 0.29) is 17.8 Å². The molecule has 1 aromatic carbocycles. The molecule has 1 aliphatic rings. The van der Waals surface area contributed by atoms with Gasteiger partial charge in [0.05, 0.1) is 12.1 Å². The molecule has 3 nitrogen and oxygen atoms in total. The lowest BCUT2D eigenvalue weighted by Crippen LogP contribution is -2.48. The zero-order chi connectivity index (χ0) is 14.0. The van der Waals surface area contributed by atoms with Crippen molar-refractivity contribution in [3.8, 4) is 0 Å². The van der Waals surface area contributed by atoms with Crippen molar-refractivity contribution in [2.45, 2.75) is 45.3 Å². The summed E-state index contributed by atoms with van der Waals surface area (Å²) in [5.41, 5.74) is 0.961. The lowest BCUT2D eigenvalue weighted by Gasteiger charge is -2.37. The number of carbonyl (C=O) groups excluding carboxylic acids is 1. The topological polar surface area (TPSA) is 40.5 Å². The zero-order valence-electron chi connectivity index (χ0n) is 11.4. The Morgan fingerprint density at radius 3 is 2.84 bits per heavy atom. The summed E-state index contributed by atoms with van der Waals surface area (Å²) in [7, 11) is 0. The average Bonchev–Trinajstić information content (AvgIpc) is 2.41. The summed E-state index contributed by atoms with van der Waals surface area (Å²) in [6.45, 7) is 4.02. The van der Waals surface area contributed by atoms with E-state index < -0.39 is 6.10 Å². The van der Waals surface area contributed by atoms with Gasteiger partial charge in [-0.25, -0.2) is 4.39 Å². The Labute approximate surface area is 113 Å². The minimum atomic E-state index is -0.536. The Balaban J connectivity index is 2.23. The number of hydrogen-bond donors (Lipinski definition) is 1. The number of nitrogens with zero attached hydrogens (tertiary/aromatic N) is 1. The quantitative estimate of drug-likeness (QED) is 0.892. The van der Waals surface area contributed by atoms with E-state index in [0.29, 0.717) is 17.7 Å². The number of aliphatic hydroxyl groups is 1. The summed E-state index contributed by atoms with van der Waals surface area (Å²) >= 11 is 0. The van der Waals surface area contributed by atoms with Crippen LogP contribution in [0.25, 0.3) is 0 Å². The minimum Gasteiger partial charge on any atom is -0.391 e. The zero-order valence-corrected chi connectivity index (χ0v) is 11.4. The van der Waals surface area contributed by atoms with Crippen LogP contribution in [-0.4, -0.2) is 34.6 Å². The van der Waals surface area contributed by atoms with Crippen LogP contribution in [0.2, 0.25) is 0 Å². The third kappa shape index (κ3) is 2.95. The van der Waals surface area contributed by atoms with Gasteiger partial charge in [-0.1, -0.05) is 0 Å². The normalized spacial score (nSPS) is 21.3. The fraction of sp³-hybridized carbons (Fsp3) is 0.533. The number of hydrogen-bond acceptors (Lipinski definition) is 2. The highest BCUT2D eigenvalue weighted by atomic mass is 19.1. The van der Waals surface area contributed by atoms with Gasteiger partial charge in [-0.05, 0) is 56.9 Å². The molecule has 1 aliphatic heterocycles. The SMILES string of the molecule is Cc1cc(C(=O)N2CCCC[C@@H]2[C@@H](C)O)ccc1F. The van der Waals surface area contributed by atoms with Crippen LogP contribution in [0, 0.1) is 12.7 Å². The van der Waals surface area contributed by atoms with Crippen LogP contribution in [0.5, 0.6) is 0 Å². The Kier molecular flexibility index (Phi) is 4.20. The molecule has 0 bridgehead atoms. The first-order valence-electron chi connectivity index (χ1n) is 6.76. The van der Waals surface area contributed by atoms with Crippen molar-refractivity contribution in [2.24, 2.45) is 0 Å². The maximum Gasteiger partial charge on any atom is 0.254 e. The first-order chi connectivity index (χ1) is 9.00. The Morgan fingerprint density at radius 1 is 1.47 bits per heavy atom. The van der Waals surface area contributed by atoms with E-state index in [4.69, 9.17) is 0 Å². The fourth-order valence-corrected chi connectivity index (χ4v) is 2.65. The van der Waals surface area contributed by atoms with Gasteiger partial charge in [0.2, 0.25) is 0 Å². The monoisotopic (exact) mass is 265 g/mol. The number of amides is 1. The van der Waals surface area contributed by atoms with Crippen molar-refractivity contribution in [3.05, 3.63) is 35.1 Å². The smallest absolute Gasteiger partial charge is 0.254 e. The molecule has 2 rings (SSSR count). The first kappa shape index (κ1) is 14.0. The van der Waals surface area contributed by atoms with Gasteiger partial charge in [-0.2, -0.15) is 0 Å². The molecule has 19 heavy (non-hydrogen) atoms. The van der Waals surface area contributed by atoms with E-state index in [0.717, 1.165) is 19.3 Å². The summed E-state index contributed by atoms with van der Waals surface area (Å²) in [5, 5.41) is 9.79. The van der Waals surface area contributed by atoms with Gasteiger partial charge < -0.3 is 10.0 Å². The highest BCUT2D eigenvalue weighted by molar-refractivity contribution is 5.94. The Hall–Kier alpha value is -1.42. The molecule has 1 aromatic rings. The fourth-order valence-electron chi connectivity index (χ4n) is 2.65. The summed E-state index contributed by atoms with van der Waals surface area (Å²) in [6, 6.07) is 4.28. The Bertz CT molecular complexity index is 473. The highest BCUT2D eigenvalue weighted by Crippen LogP contribution is 2.22. The van der Waals surface area contributed by atoms with E-state index in [1.807, 2.05) is 0 Å². The number of benzene rings is 1. The molecule has 0 aromatic heterocycles. The van der Waals surface area contributed by atoms with E-state index >= 15 is 0 Å². The van der Waals surface area contributed by atoms with Crippen molar-refractivity contribution >= 4 is 5.91 Å². The van der Waals surface area contributed by atoms with E-state index in [1.165, 1.54) is 12.1 Å². The van der Waals surface area contributed by atoms with Crippen LogP contribution >= 0.6 is 0 Å². The largest absolute Gasteiger partial charge is 0.391 e. The minimum absolute atomic E-state index is 0.117. The molecule has 1 saturated heterocycles. The van der Waals surface area contributed by atoms with E-state index in [1.54, 1.807) is 24.8 Å². The second-order valence-electron chi connectivity index (χ2n) is 5.27. The summed E-state index contributed by atoms with van der Waals surface area (Å²) in [5.74, 6) is -0.420. The van der Waals surface area contributed by atoms with Crippen LogP contribution in [0.3, 0.4) is 0 Å².